The van der Waals surface area contributed by atoms with Crippen molar-refractivity contribution >= 4 is 33.2 Å². The Bertz CT molecular complexity index is 931. The highest BCUT2D eigenvalue weighted by atomic mass is 79.9. The van der Waals surface area contributed by atoms with Crippen LogP contribution in [0.3, 0.4) is 0 Å². The van der Waals surface area contributed by atoms with Gasteiger partial charge in [-0.1, -0.05) is 22.0 Å². The molecular weight excluding hydrogens is 406 g/mol. The van der Waals surface area contributed by atoms with Crippen molar-refractivity contribution in [2.24, 2.45) is 0 Å². The molecule has 1 fully saturated rings. The molecule has 6 nitrogen and oxygen atoms in total. The SMILES string of the molecule is CC(C(=O)Nc1ccc(Br)cc1)N1CCC(c2nnc3ccccn23)CC1. The molecule has 1 saturated heterocycles. The number of amides is 1. The summed E-state index contributed by atoms with van der Waals surface area (Å²) in [6.45, 7) is 3.73. The zero-order valence-corrected chi connectivity index (χ0v) is 16.8. The summed E-state index contributed by atoms with van der Waals surface area (Å²) in [6.07, 6.45) is 3.97. The van der Waals surface area contributed by atoms with Crippen molar-refractivity contribution in [2.75, 3.05) is 18.4 Å². The number of hydrogen-bond acceptors (Lipinski definition) is 4. The van der Waals surface area contributed by atoms with Gasteiger partial charge >= 0.3 is 0 Å². The highest BCUT2D eigenvalue weighted by Gasteiger charge is 2.29. The molecular formula is C20H22BrN5O. The second-order valence-corrected chi connectivity index (χ2v) is 7.89. The van der Waals surface area contributed by atoms with E-state index in [-0.39, 0.29) is 11.9 Å². The third-order valence-electron chi connectivity index (χ3n) is 5.27. The molecule has 3 aromatic rings. The van der Waals surface area contributed by atoms with Gasteiger partial charge in [-0.15, -0.1) is 10.2 Å². The predicted molar refractivity (Wildman–Crippen MR) is 109 cm³/mol. The zero-order valence-electron chi connectivity index (χ0n) is 15.2. The fraction of sp³-hybridized carbons (Fsp3) is 0.350. The quantitative estimate of drug-likeness (QED) is 0.689. The van der Waals surface area contributed by atoms with E-state index in [0.29, 0.717) is 5.92 Å². The number of carbonyl (C=O) groups is 1. The Morgan fingerprint density at radius 1 is 1.15 bits per heavy atom. The molecule has 1 aliphatic rings. The fourth-order valence-electron chi connectivity index (χ4n) is 3.63. The lowest BCUT2D eigenvalue weighted by molar-refractivity contribution is -0.121. The number of fused-ring (bicyclic) bond motifs is 1. The molecule has 4 rings (SSSR count). The van der Waals surface area contributed by atoms with Crippen LogP contribution in [0.15, 0.2) is 53.1 Å². The van der Waals surface area contributed by atoms with E-state index in [9.17, 15) is 4.79 Å². The third kappa shape index (κ3) is 3.89. The molecule has 0 aliphatic carbocycles. The van der Waals surface area contributed by atoms with Crippen molar-refractivity contribution in [3.63, 3.8) is 0 Å². The van der Waals surface area contributed by atoms with Gasteiger partial charge in [0.15, 0.2) is 5.65 Å². The first-order valence-corrected chi connectivity index (χ1v) is 10.0. The Morgan fingerprint density at radius 2 is 1.89 bits per heavy atom. The van der Waals surface area contributed by atoms with Crippen LogP contribution in [-0.2, 0) is 4.79 Å². The smallest absolute Gasteiger partial charge is 0.241 e. The van der Waals surface area contributed by atoms with Crippen molar-refractivity contribution in [3.05, 3.63) is 59.0 Å². The lowest BCUT2D eigenvalue weighted by Gasteiger charge is -2.34. The fourth-order valence-corrected chi connectivity index (χ4v) is 3.89. The number of anilines is 1. The maximum atomic E-state index is 12.6. The summed E-state index contributed by atoms with van der Waals surface area (Å²) in [7, 11) is 0. The number of likely N-dealkylation sites (tertiary alicyclic amines) is 1. The molecule has 1 N–H and O–H groups in total. The van der Waals surface area contributed by atoms with Crippen molar-refractivity contribution in [3.8, 4) is 0 Å². The second-order valence-electron chi connectivity index (χ2n) is 6.97. The minimum atomic E-state index is -0.162. The monoisotopic (exact) mass is 427 g/mol. The number of carbonyl (C=O) groups excluding carboxylic acids is 1. The molecule has 1 amide bonds. The van der Waals surface area contributed by atoms with E-state index in [2.05, 4.69) is 40.7 Å². The summed E-state index contributed by atoms with van der Waals surface area (Å²) >= 11 is 3.41. The Kier molecular flexibility index (Phi) is 5.22. The van der Waals surface area contributed by atoms with Crippen molar-refractivity contribution < 1.29 is 4.79 Å². The predicted octanol–water partition coefficient (Wildman–Crippen LogP) is 3.70. The number of rotatable bonds is 4. The number of halogens is 1. The first kappa shape index (κ1) is 18.1. The van der Waals surface area contributed by atoms with E-state index in [1.807, 2.05) is 55.6 Å². The van der Waals surface area contributed by atoms with E-state index >= 15 is 0 Å². The number of nitrogens with one attached hydrogen (secondary N) is 1. The van der Waals surface area contributed by atoms with Gasteiger partial charge in [0.2, 0.25) is 5.91 Å². The lowest BCUT2D eigenvalue weighted by Crippen LogP contribution is -2.45. The normalized spacial score (nSPS) is 17.1. The third-order valence-corrected chi connectivity index (χ3v) is 5.80. The molecule has 1 aromatic carbocycles. The van der Waals surface area contributed by atoms with Gasteiger partial charge in [0.1, 0.15) is 5.82 Å². The summed E-state index contributed by atoms with van der Waals surface area (Å²) in [4.78, 5) is 14.8. The first-order chi connectivity index (χ1) is 13.1. The standard InChI is InChI=1S/C20H22BrN5O/c1-14(20(27)22-17-7-5-16(21)6-8-17)25-12-9-15(10-13-25)19-24-23-18-4-2-3-11-26(18)19/h2-8,11,14-15H,9-10,12-13H2,1H3,(H,22,27). The summed E-state index contributed by atoms with van der Waals surface area (Å²) in [5, 5.41) is 11.7. The van der Waals surface area contributed by atoms with Crippen LogP contribution in [0, 0.1) is 0 Å². The van der Waals surface area contributed by atoms with Crippen LogP contribution in [-0.4, -0.2) is 44.5 Å². The minimum absolute atomic E-state index is 0.0312. The summed E-state index contributed by atoms with van der Waals surface area (Å²) in [6, 6.07) is 13.4. The minimum Gasteiger partial charge on any atom is -0.325 e. The molecule has 1 unspecified atom stereocenters. The van der Waals surface area contributed by atoms with Gasteiger partial charge < -0.3 is 5.32 Å². The molecule has 1 atom stereocenters. The highest BCUT2D eigenvalue weighted by Crippen LogP contribution is 2.28. The van der Waals surface area contributed by atoms with Gasteiger partial charge in [-0.2, -0.15) is 0 Å². The summed E-state index contributed by atoms with van der Waals surface area (Å²) in [5.41, 5.74) is 1.71. The number of piperidine rings is 1. The molecule has 27 heavy (non-hydrogen) atoms. The Labute approximate surface area is 166 Å². The Hall–Kier alpha value is -2.25. The van der Waals surface area contributed by atoms with E-state index in [1.54, 1.807) is 0 Å². The first-order valence-electron chi connectivity index (χ1n) is 9.22. The Morgan fingerprint density at radius 3 is 2.63 bits per heavy atom. The molecule has 0 saturated carbocycles. The molecule has 0 spiro atoms. The van der Waals surface area contributed by atoms with Crippen LogP contribution in [0.4, 0.5) is 5.69 Å². The van der Waals surface area contributed by atoms with Gasteiger partial charge in [-0.3, -0.25) is 14.1 Å². The van der Waals surface area contributed by atoms with Crippen molar-refractivity contribution in [1.82, 2.24) is 19.5 Å². The largest absolute Gasteiger partial charge is 0.325 e. The van der Waals surface area contributed by atoms with Crippen LogP contribution in [0.2, 0.25) is 0 Å². The van der Waals surface area contributed by atoms with Gasteiger partial charge in [-0.25, -0.2) is 0 Å². The lowest BCUT2D eigenvalue weighted by atomic mass is 9.95. The van der Waals surface area contributed by atoms with E-state index < -0.39 is 0 Å². The summed E-state index contributed by atoms with van der Waals surface area (Å²) < 4.78 is 3.07. The zero-order chi connectivity index (χ0) is 18.8. The molecule has 7 heteroatoms. The van der Waals surface area contributed by atoms with Crippen molar-refractivity contribution in [1.29, 1.82) is 0 Å². The second kappa shape index (κ2) is 7.78. The molecule has 1 aliphatic heterocycles. The van der Waals surface area contributed by atoms with Crippen LogP contribution in [0.1, 0.15) is 31.5 Å². The van der Waals surface area contributed by atoms with Gasteiger partial charge in [0.05, 0.1) is 6.04 Å². The van der Waals surface area contributed by atoms with Crippen LogP contribution >= 0.6 is 15.9 Å². The van der Waals surface area contributed by atoms with Crippen LogP contribution < -0.4 is 5.32 Å². The molecule has 3 heterocycles. The van der Waals surface area contributed by atoms with Gasteiger partial charge in [0.25, 0.3) is 0 Å². The Balaban J connectivity index is 1.37. The molecule has 0 bridgehead atoms. The number of pyridine rings is 1. The summed E-state index contributed by atoms with van der Waals surface area (Å²) in [5.74, 6) is 1.43. The van der Waals surface area contributed by atoms with Crippen molar-refractivity contribution in [2.45, 2.75) is 31.7 Å². The number of nitrogens with zero attached hydrogens (tertiary/aromatic N) is 4. The van der Waals surface area contributed by atoms with Crippen LogP contribution in [0.25, 0.3) is 5.65 Å². The molecule has 2 aromatic heterocycles. The maximum absolute atomic E-state index is 12.6. The van der Waals surface area contributed by atoms with Gasteiger partial charge in [0, 0.05) is 22.3 Å². The van der Waals surface area contributed by atoms with Crippen LogP contribution in [0.5, 0.6) is 0 Å². The molecule has 140 valence electrons. The maximum Gasteiger partial charge on any atom is 0.241 e. The number of benzene rings is 1. The number of aromatic nitrogens is 3. The average Bonchev–Trinajstić information content (AvgIpc) is 3.13. The van der Waals surface area contributed by atoms with Gasteiger partial charge in [-0.05, 0) is 69.3 Å². The number of hydrogen-bond donors (Lipinski definition) is 1. The topological polar surface area (TPSA) is 62.5 Å². The van der Waals surface area contributed by atoms with E-state index in [4.69, 9.17) is 0 Å². The molecule has 0 radical (unpaired) electrons. The van der Waals surface area contributed by atoms with E-state index in [0.717, 1.165) is 47.6 Å². The highest BCUT2D eigenvalue weighted by molar-refractivity contribution is 9.10. The average molecular weight is 428 g/mol. The van der Waals surface area contributed by atoms with E-state index in [1.165, 1.54) is 0 Å².